The number of benzene rings is 2. The van der Waals surface area contributed by atoms with Gasteiger partial charge in [-0.1, -0.05) is 42.5 Å². The smallest absolute Gasteiger partial charge is 0.290 e. The summed E-state index contributed by atoms with van der Waals surface area (Å²) in [4.78, 5) is 44.2. The lowest BCUT2D eigenvalue weighted by molar-refractivity contribution is -0.146. The number of amides is 2. The summed E-state index contributed by atoms with van der Waals surface area (Å²) in [7, 11) is 0. The van der Waals surface area contributed by atoms with Gasteiger partial charge in [-0.3, -0.25) is 19.1 Å². The van der Waals surface area contributed by atoms with E-state index in [9.17, 15) is 14.4 Å². The zero-order valence-corrected chi connectivity index (χ0v) is 20.8. The normalized spacial score (nSPS) is 22.5. The van der Waals surface area contributed by atoms with Gasteiger partial charge < -0.3 is 14.5 Å². The second-order valence-electron chi connectivity index (χ2n) is 9.95. The number of aryl methyl sites for hydroxylation is 1. The van der Waals surface area contributed by atoms with E-state index in [1.807, 2.05) is 61.7 Å². The molecule has 9 nitrogen and oxygen atoms in total. The van der Waals surface area contributed by atoms with Gasteiger partial charge in [-0.15, -0.1) is 5.10 Å². The van der Waals surface area contributed by atoms with E-state index >= 15 is 0 Å². The molecule has 0 saturated carbocycles. The van der Waals surface area contributed by atoms with Gasteiger partial charge in [0.15, 0.2) is 0 Å². The third kappa shape index (κ3) is 3.72. The molecular formula is C28H29N5O4. The van der Waals surface area contributed by atoms with Crippen LogP contribution in [-0.4, -0.2) is 50.6 Å². The monoisotopic (exact) mass is 499 g/mol. The second-order valence-corrected chi connectivity index (χ2v) is 9.95. The first-order valence-corrected chi connectivity index (χ1v) is 12.9. The molecule has 1 fully saturated rings. The molecule has 3 aliphatic heterocycles. The van der Waals surface area contributed by atoms with E-state index in [0.717, 1.165) is 23.2 Å². The van der Waals surface area contributed by atoms with Crippen molar-refractivity contribution in [2.75, 3.05) is 18.1 Å². The summed E-state index contributed by atoms with van der Waals surface area (Å²) in [5.74, 6) is -0.376. The van der Waals surface area contributed by atoms with Crippen molar-refractivity contribution in [1.82, 2.24) is 19.9 Å². The van der Waals surface area contributed by atoms with Gasteiger partial charge in [-0.25, -0.2) is 0 Å². The molecule has 4 heterocycles. The molecule has 3 aromatic rings. The Kier molecular flexibility index (Phi) is 5.78. The summed E-state index contributed by atoms with van der Waals surface area (Å²) >= 11 is 0. The Morgan fingerprint density at radius 2 is 2.00 bits per heavy atom. The van der Waals surface area contributed by atoms with Crippen LogP contribution >= 0.6 is 0 Å². The highest BCUT2D eigenvalue weighted by Crippen LogP contribution is 2.57. The Morgan fingerprint density at radius 1 is 1.14 bits per heavy atom. The lowest BCUT2D eigenvalue weighted by Gasteiger charge is -2.35. The molecule has 6 bridgehead atoms. The van der Waals surface area contributed by atoms with Gasteiger partial charge in [0, 0.05) is 31.6 Å². The Balaban J connectivity index is 1.54. The molecule has 3 aliphatic rings. The highest BCUT2D eigenvalue weighted by Gasteiger charge is 2.62. The molecule has 0 unspecified atom stereocenters. The van der Waals surface area contributed by atoms with Crippen molar-refractivity contribution in [3.05, 3.63) is 71.5 Å². The van der Waals surface area contributed by atoms with Crippen LogP contribution in [0.4, 0.5) is 5.69 Å². The molecule has 2 atom stereocenters. The lowest BCUT2D eigenvalue weighted by Crippen LogP contribution is -2.46. The molecule has 0 aliphatic carbocycles. The maximum Gasteiger partial charge on any atom is 0.290 e. The SMILES string of the molecule is CCCC(=O)C(=O)N1CC[C@]23C(=O)N(Cc4cn(nn4)CCCOc4cccc(c4)[C@H]12)c1ccccc13. The van der Waals surface area contributed by atoms with E-state index in [4.69, 9.17) is 4.74 Å². The topological polar surface area (TPSA) is 97.6 Å². The molecule has 9 heteroatoms. The summed E-state index contributed by atoms with van der Waals surface area (Å²) in [6, 6.07) is 14.7. The number of rotatable bonds is 3. The van der Waals surface area contributed by atoms with Crippen LogP contribution in [0.1, 0.15) is 55.5 Å². The van der Waals surface area contributed by atoms with E-state index in [1.54, 1.807) is 14.5 Å². The van der Waals surface area contributed by atoms with Gasteiger partial charge in [0.2, 0.25) is 11.7 Å². The minimum Gasteiger partial charge on any atom is -0.494 e. The third-order valence-corrected chi connectivity index (χ3v) is 7.68. The average Bonchev–Trinajstić information content (AvgIpc) is 3.59. The largest absolute Gasteiger partial charge is 0.494 e. The Hall–Kier alpha value is -4.01. The molecular weight excluding hydrogens is 470 g/mol. The van der Waals surface area contributed by atoms with Crippen LogP contribution in [0.25, 0.3) is 0 Å². The zero-order valence-electron chi connectivity index (χ0n) is 20.8. The lowest BCUT2D eigenvalue weighted by atomic mass is 9.72. The molecule has 2 aromatic carbocycles. The molecule has 37 heavy (non-hydrogen) atoms. The Morgan fingerprint density at radius 3 is 2.86 bits per heavy atom. The van der Waals surface area contributed by atoms with E-state index < -0.39 is 23.1 Å². The molecule has 2 amide bonds. The summed E-state index contributed by atoms with van der Waals surface area (Å²) in [5, 5.41) is 8.55. The van der Waals surface area contributed by atoms with Crippen molar-refractivity contribution in [3.8, 4) is 5.75 Å². The van der Waals surface area contributed by atoms with Crippen LogP contribution in [0.2, 0.25) is 0 Å². The number of carbonyl (C=O) groups excluding carboxylic acids is 3. The van der Waals surface area contributed by atoms with Gasteiger partial charge in [-0.05, 0) is 42.2 Å². The van der Waals surface area contributed by atoms with Gasteiger partial charge in [-0.2, -0.15) is 0 Å². The van der Waals surface area contributed by atoms with E-state index in [0.29, 0.717) is 44.0 Å². The molecule has 6 rings (SSSR count). The van der Waals surface area contributed by atoms with E-state index in [-0.39, 0.29) is 18.9 Å². The van der Waals surface area contributed by atoms with Gasteiger partial charge in [0.05, 0.1) is 25.4 Å². The molecule has 1 saturated heterocycles. The van der Waals surface area contributed by atoms with Crippen molar-refractivity contribution in [2.45, 2.75) is 57.2 Å². The van der Waals surface area contributed by atoms with Crippen LogP contribution in [-0.2, 0) is 32.9 Å². The fraction of sp³-hybridized carbons (Fsp3) is 0.393. The maximum absolute atomic E-state index is 14.5. The number of ether oxygens (including phenoxy) is 1. The highest BCUT2D eigenvalue weighted by molar-refractivity contribution is 6.36. The van der Waals surface area contributed by atoms with Gasteiger partial charge >= 0.3 is 0 Å². The van der Waals surface area contributed by atoms with E-state index in [1.165, 1.54) is 0 Å². The minimum atomic E-state index is -1.02. The molecule has 1 aromatic heterocycles. The number of nitrogens with zero attached hydrogens (tertiary/aromatic N) is 5. The predicted octanol–water partition coefficient (Wildman–Crippen LogP) is 3.19. The van der Waals surface area contributed by atoms with Crippen molar-refractivity contribution >= 4 is 23.3 Å². The zero-order chi connectivity index (χ0) is 25.6. The van der Waals surface area contributed by atoms with Crippen molar-refractivity contribution in [3.63, 3.8) is 0 Å². The van der Waals surface area contributed by atoms with Crippen LogP contribution < -0.4 is 9.64 Å². The van der Waals surface area contributed by atoms with Crippen LogP contribution in [0, 0.1) is 0 Å². The predicted molar refractivity (Wildman–Crippen MR) is 135 cm³/mol. The fourth-order valence-electron chi connectivity index (χ4n) is 6.09. The summed E-state index contributed by atoms with van der Waals surface area (Å²) in [5.41, 5.74) is 2.14. The van der Waals surface area contributed by atoms with Crippen LogP contribution in [0.3, 0.4) is 0 Å². The van der Waals surface area contributed by atoms with Crippen LogP contribution in [0.5, 0.6) is 5.75 Å². The number of fused-ring (bicyclic) bond motifs is 8. The summed E-state index contributed by atoms with van der Waals surface area (Å²) in [6.45, 7) is 3.61. The molecule has 0 radical (unpaired) electrons. The van der Waals surface area contributed by atoms with E-state index in [2.05, 4.69) is 10.3 Å². The molecule has 190 valence electrons. The minimum absolute atomic E-state index is 0.0901. The number of hydrogen-bond donors (Lipinski definition) is 0. The Bertz CT molecular complexity index is 1380. The van der Waals surface area contributed by atoms with Gasteiger partial charge in [0.1, 0.15) is 16.9 Å². The third-order valence-electron chi connectivity index (χ3n) is 7.68. The number of hydrogen-bond acceptors (Lipinski definition) is 6. The number of carbonyl (C=O) groups is 3. The van der Waals surface area contributed by atoms with Crippen LogP contribution in [0.15, 0.2) is 54.7 Å². The quantitative estimate of drug-likeness (QED) is 0.514. The highest BCUT2D eigenvalue weighted by atomic mass is 16.5. The first-order valence-electron chi connectivity index (χ1n) is 12.9. The van der Waals surface area contributed by atoms with Crippen molar-refractivity contribution in [1.29, 1.82) is 0 Å². The number of Topliss-reactive ketones (excluding diaryl/α,β-unsaturated/α-hetero) is 1. The Labute approximate surface area is 215 Å². The van der Waals surface area contributed by atoms with Crippen molar-refractivity contribution in [2.24, 2.45) is 0 Å². The van der Waals surface area contributed by atoms with Gasteiger partial charge in [0.25, 0.3) is 5.91 Å². The second kappa shape index (κ2) is 9.14. The fourth-order valence-corrected chi connectivity index (χ4v) is 6.09. The van der Waals surface area contributed by atoms with Crippen molar-refractivity contribution < 1.29 is 19.1 Å². The number of likely N-dealkylation sites (tertiary alicyclic amines) is 1. The standard InChI is InChI=1S/C28H29N5O4/c1-2-7-24(34)26(35)32-14-12-28-22-10-3-4-11-23(22)33(27(28)36)18-20-17-31(30-29-20)13-6-15-37-21-9-5-8-19(16-21)25(28)32/h3-5,8-11,16-17,25H,2,6-7,12-15,18H2,1H3/t25-,28+/m0/s1. The first-order chi connectivity index (χ1) is 18.0. The number of para-hydroxylation sites is 1. The average molecular weight is 500 g/mol. The summed E-state index contributed by atoms with van der Waals surface area (Å²) in [6.07, 6.45) is 3.80. The molecule has 1 spiro atoms. The molecule has 0 N–H and O–H groups in total. The number of ketones is 1. The number of anilines is 1. The summed E-state index contributed by atoms with van der Waals surface area (Å²) < 4.78 is 7.82. The number of aromatic nitrogens is 3. The maximum atomic E-state index is 14.5. The first kappa shape index (κ1) is 23.4.